The number of halogens is 5. The molecule has 1 heterocycles. The fourth-order valence-corrected chi connectivity index (χ4v) is 4.60. The average molecular weight is 516 g/mol. The molecule has 0 bridgehead atoms. The predicted octanol–water partition coefficient (Wildman–Crippen LogP) is 5.62. The van der Waals surface area contributed by atoms with E-state index >= 15 is 0 Å². The molecule has 1 aromatic heterocycles. The Bertz CT molecular complexity index is 1560. The Morgan fingerprint density at radius 3 is 2.35 bits per heavy atom. The molecule has 0 spiro atoms. The van der Waals surface area contributed by atoms with E-state index in [1.54, 1.807) is 36.4 Å². The van der Waals surface area contributed by atoms with Gasteiger partial charge in [0.2, 0.25) is 0 Å². The Hall–Kier alpha value is -3.79. The van der Waals surface area contributed by atoms with Crippen LogP contribution in [0.15, 0.2) is 71.5 Å². The summed E-state index contributed by atoms with van der Waals surface area (Å²) in [5.41, 5.74) is -5.81. The van der Waals surface area contributed by atoms with E-state index in [1.165, 1.54) is 6.07 Å². The zero-order valence-electron chi connectivity index (χ0n) is 19.7. The van der Waals surface area contributed by atoms with Crippen LogP contribution in [-0.4, -0.2) is 26.9 Å². The smallest absolute Gasteiger partial charge is 0.427 e. The summed E-state index contributed by atoms with van der Waals surface area (Å²) in [4.78, 5) is 18.3. The van der Waals surface area contributed by atoms with E-state index < -0.39 is 34.4 Å². The van der Waals surface area contributed by atoms with Crippen LogP contribution in [0.4, 0.5) is 22.0 Å². The normalized spacial score (nSPS) is 18.5. The van der Waals surface area contributed by atoms with Gasteiger partial charge in [-0.2, -0.15) is 22.0 Å². The highest BCUT2D eigenvalue weighted by atomic mass is 19.4. The molecule has 1 unspecified atom stereocenters. The Labute approximate surface area is 207 Å². The van der Waals surface area contributed by atoms with Crippen molar-refractivity contribution in [3.05, 3.63) is 99.6 Å². The van der Waals surface area contributed by atoms with Gasteiger partial charge in [0, 0.05) is 17.5 Å². The van der Waals surface area contributed by atoms with Crippen LogP contribution in [0, 0.1) is 0 Å². The third-order valence-corrected chi connectivity index (χ3v) is 6.34. The van der Waals surface area contributed by atoms with Gasteiger partial charge in [-0.1, -0.05) is 36.4 Å². The molecule has 0 saturated heterocycles. The molecule has 37 heavy (non-hydrogen) atoms. The molecule has 10 heteroatoms. The van der Waals surface area contributed by atoms with E-state index in [0.717, 1.165) is 28.3 Å². The lowest BCUT2D eigenvalue weighted by atomic mass is 9.69. The molecule has 0 radical (unpaired) electrons. The lowest BCUT2D eigenvalue weighted by Crippen LogP contribution is -2.62. The first-order chi connectivity index (χ1) is 17.3. The molecule has 0 aliphatic heterocycles. The van der Waals surface area contributed by atoms with Gasteiger partial charge in [-0.3, -0.25) is 9.36 Å². The molecule has 0 fully saturated rings. The highest BCUT2D eigenvalue weighted by molar-refractivity contribution is 5.80. The quantitative estimate of drug-likeness (QED) is 0.350. The molecule has 0 amide bonds. The number of hydrogen-bond acceptors (Lipinski definition) is 4. The van der Waals surface area contributed by atoms with Gasteiger partial charge in [-0.25, -0.2) is 4.98 Å². The summed E-state index contributed by atoms with van der Waals surface area (Å²) in [6.07, 6.45) is -5.61. The third-order valence-electron chi connectivity index (χ3n) is 6.34. The molecule has 0 saturated carbocycles. The number of hydrogen-bond donors (Lipinski definition) is 1. The average Bonchev–Trinajstić information content (AvgIpc) is 2.83. The van der Waals surface area contributed by atoms with Gasteiger partial charge in [0.05, 0.1) is 22.7 Å². The highest BCUT2D eigenvalue weighted by Crippen LogP contribution is 2.63. The van der Waals surface area contributed by atoms with Crippen molar-refractivity contribution in [3.8, 4) is 11.4 Å². The van der Waals surface area contributed by atoms with Gasteiger partial charge in [-0.15, -0.1) is 0 Å². The number of alkyl halides is 5. The fraction of sp³-hybridized carbons (Fsp3) is 0.259. The molecule has 4 aromatic rings. The highest BCUT2D eigenvalue weighted by Gasteiger charge is 2.78. The number of rotatable bonds is 5. The largest absolute Gasteiger partial charge is 0.491 e. The van der Waals surface area contributed by atoms with Crippen molar-refractivity contribution in [2.24, 2.45) is 0 Å². The lowest BCUT2D eigenvalue weighted by Gasteiger charge is -2.47. The number of benzene rings is 3. The number of aliphatic hydroxyl groups is 1. The lowest BCUT2D eigenvalue weighted by molar-refractivity contribution is -0.364. The van der Waals surface area contributed by atoms with Crippen molar-refractivity contribution in [2.75, 3.05) is 0 Å². The maximum absolute atomic E-state index is 14.7. The fourth-order valence-electron chi connectivity index (χ4n) is 4.60. The van der Waals surface area contributed by atoms with Gasteiger partial charge in [0.25, 0.3) is 11.2 Å². The number of aromatic nitrogens is 2. The summed E-state index contributed by atoms with van der Waals surface area (Å²) >= 11 is 0. The molecule has 1 N–H and O–H groups in total. The minimum absolute atomic E-state index is 0.0943. The second-order valence-electron chi connectivity index (χ2n) is 9.19. The van der Waals surface area contributed by atoms with Gasteiger partial charge >= 0.3 is 12.1 Å². The molecular formula is C27H21F5N2O3. The van der Waals surface area contributed by atoms with Gasteiger partial charge < -0.3 is 9.84 Å². The van der Waals surface area contributed by atoms with Crippen molar-refractivity contribution in [1.29, 1.82) is 0 Å². The monoisotopic (exact) mass is 516 g/mol. The summed E-state index contributed by atoms with van der Waals surface area (Å²) in [6.45, 7) is 3.63. The second kappa shape index (κ2) is 8.37. The standard InChI is InChI=1S/C27H21F5N2O3/c1-15(2)37-18-9-11-22-19(14-18)24(35)34(23(33-22)12-16-6-4-3-5-7-16)17-8-10-20-21(13-17)26(28,29)25(20,36)27(30,31)32/h3-11,13-15,36H,12H2,1-2H3. The Kier molecular flexibility index (Phi) is 5.63. The Morgan fingerprint density at radius 2 is 1.70 bits per heavy atom. The number of nitrogens with zero attached hydrogens (tertiary/aromatic N) is 2. The maximum Gasteiger partial charge on any atom is 0.427 e. The van der Waals surface area contributed by atoms with Crippen LogP contribution in [0.5, 0.6) is 5.75 Å². The minimum atomic E-state index is -5.59. The van der Waals surface area contributed by atoms with Crippen molar-refractivity contribution in [1.82, 2.24) is 9.55 Å². The van der Waals surface area contributed by atoms with E-state index in [0.29, 0.717) is 11.3 Å². The van der Waals surface area contributed by atoms with Gasteiger partial charge in [-0.05, 0) is 49.7 Å². The van der Waals surface area contributed by atoms with E-state index in [1.807, 2.05) is 19.9 Å². The van der Waals surface area contributed by atoms with E-state index in [4.69, 9.17) is 4.74 Å². The molecule has 1 atom stereocenters. The SMILES string of the molecule is CC(C)Oc1ccc2nc(Cc3ccccc3)n(-c3ccc4c(c3)C(F)(F)C4(O)C(F)(F)F)c(=O)c2c1. The third kappa shape index (κ3) is 3.78. The first-order valence-electron chi connectivity index (χ1n) is 11.4. The predicted molar refractivity (Wildman–Crippen MR) is 126 cm³/mol. The minimum Gasteiger partial charge on any atom is -0.491 e. The van der Waals surface area contributed by atoms with Crippen molar-refractivity contribution < 1.29 is 31.8 Å². The molecule has 1 aliphatic rings. The maximum atomic E-state index is 14.7. The van der Waals surface area contributed by atoms with Crippen LogP contribution in [0.3, 0.4) is 0 Å². The summed E-state index contributed by atoms with van der Waals surface area (Å²) in [5.74, 6) is -3.99. The van der Waals surface area contributed by atoms with E-state index in [9.17, 15) is 31.9 Å². The van der Waals surface area contributed by atoms with Gasteiger partial charge in [0.1, 0.15) is 11.6 Å². The Balaban J connectivity index is 1.72. The molecular weight excluding hydrogens is 495 g/mol. The first-order valence-corrected chi connectivity index (χ1v) is 11.4. The van der Waals surface area contributed by atoms with Crippen molar-refractivity contribution in [2.45, 2.75) is 44.1 Å². The molecule has 5 rings (SSSR count). The zero-order chi connectivity index (χ0) is 26.8. The van der Waals surface area contributed by atoms with Crippen molar-refractivity contribution >= 4 is 10.9 Å². The number of fused-ring (bicyclic) bond motifs is 2. The zero-order valence-corrected chi connectivity index (χ0v) is 19.7. The molecule has 192 valence electrons. The van der Waals surface area contributed by atoms with Crippen molar-refractivity contribution in [3.63, 3.8) is 0 Å². The number of ether oxygens (including phenoxy) is 1. The summed E-state index contributed by atoms with van der Waals surface area (Å²) in [5, 5.41) is 10.0. The van der Waals surface area contributed by atoms with Crippen LogP contribution in [-0.2, 0) is 17.9 Å². The van der Waals surface area contributed by atoms with Crippen LogP contribution >= 0.6 is 0 Å². The molecule has 3 aromatic carbocycles. The summed E-state index contributed by atoms with van der Waals surface area (Å²) in [6, 6.07) is 16.4. The van der Waals surface area contributed by atoms with Crippen LogP contribution in [0.25, 0.3) is 16.6 Å². The Morgan fingerprint density at radius 1 is 1.00 bits per heavy atom. The van der Waals surface area contributed by atoms with Crippen LogP contribution in [0.2, 0.25) is 0 Å². The van der Waals surface area contributed by atoms with Gasteiger partial charge in [0.15, 0.2) is 0 Å². The van der Waals surface area contributed by atoms with E-state index in [-0.39, 0.29) is 29.4 Å². The van der Waals surface area contributed by atoms with Crippen LogP contribution in [0.1, 0.15) is 36.4 Å². The summed E-state index contributed by atoms with van der Waals surface area (Å²) < 4.78 is 76.1. The first kappa shape index (κ1) is 24.9. The molecule has 5 nitrogen and oxygen atoms in total. The molecule has 1 aliphatic carbocycles. The van der Waals surface area contributed by atoms with Crippen LogP contribution < -0.4 is 10.3 Å². The van der Waals surface area contributed by atoms with E-state index in [2.05, 4.69) is 4.98 Å². The second-order valence-corrected chi connectivity index (χ2v) is 9.19. The topological polar surface area (TPSA) is 64.3 Å². The summed E-state index contributed by atoms with van der Waals surface area (Å²) in [7, 11) is 0.